The molecule has 0 saturated carbocycles. The molecule has 0 aromatic heterocycles. The number of carbonyl (C=O) groups excluding carboxylic acids is 2. The van der Waals surface area contributed by atoms with Gasteiger partial charge in [0.05, 0.1) is 24.0 Å². The Balaban J connectivity index is 2.00. The first-order valence-corrected chi connectivity index (χ1v) is 8.66. The Morgan fingerprint density at radius 2 is 1.81 bits per heavy atom. The summed E-state index contributed by atoms with van der Waals surface area (Å²) >= 11 is 1.14. The van der Waals surface area contributed by atoms with Crippen molar-refractivity contribution in [2.24, 2.45) is 0 Å². The number of ether oxygens (including phenoxy) is 1. The van der Waals surface area contributed by atoms with Crippen molar-refractivity contribution >= 4 is 29.3 Å². The number of esters is 1. The molecule has 1 fully saturated rings. The summed E-state index contributed by atoms with van der Waals surface area (Å²) in [7, 11) is 1.25. The van der Waals surface area contributed by atoms with Crippen molar-refractivity contribution in [2.45, 2.75) is 11.6 Å². The Kier molecular flexibility index (Phi) is 4.95. The third-order valence-corrected chi connectivity index (χ3v) is 5.16. The molecule has 0 unspecified atom stereocenters. The van der Waals surface area contributed by atoms with Gasteiger partial charge in [0.2, 0.25) is 5.91 Å². The molecule has 1 saturated heterocycles. The zero-order valence-electron chi connectivity index (χ0n) is 13.6. The van der Waals surface area contributed by atoms with Gasteiger partial charge in [-0.2, -0.15) is 13.2 Å². The minimum Gasteiger partial charge on any atom is -0.465 e. The van der Waals surface area contributed by atoms with Crippen molar-refractivity contribution < 1.29 is 27.5 Å². The van der Waals surface area contributed by atoms with Gasteiger partial charge in [-0.1, -0.05) is 18.2 Å². The predicted octanol–water partition coefficient (Wildman–Crippen LogP) is 4.27. The van der Waals surface area contributed by atoms with Crippen LogP contribution in [0.2, 0.25) is 0 Å². The second-order valence-electron chi connectivity index (χ2n) is 5.55. The monoisotopic (exact) mass is 381 g/mol. The van der Waals surface area contributed by atoms with E-state index in [9.17, 15) is 22.8 Å². The van der Waals surface area contributed by atoms with Gasteiger partial charge >= 0.3 is 12.1 Å². The fourth-order valence-electron chi connectivity index (χ4n) is 2.78. The van der Waals surface area contributed by atoms with Crippen molar-refractivity contribution in [1.82, 2.24) is 0 Å². The topological polar surface area (TPSA) is 46.6 Å². The molecular formula is C18H14F3NO3S. The Morgan fingerprint density at radius 3 is 2.42 bits per heavy atom. The van der Waals surface area contributed by atoms with E-state index < -0.39 is 23.1 Å². The quantitative estimate of drug-likeness (QED) is 0.745. The van der Waals surface area contributed by atoms with E-state index in [4.69, 9.17) is 0 Å². The number of alkyl halides is 3. The highest BCUT2D eigenvalue weighted by Gasteiger charge is 2.40. The Morgan fingerprint density at radius 1 is 1.15 bits per heavy atom. The molecule has 136 valence electrons. The first kappa shape index (κ1) is 18.3. The van der Waals surface area contributed by atoms with Crippen LogP contribution in [0.15, 0.2) is 48.5 Å². The molecule has 2 aromatic rings. The van der Waals surface area contributed by atoms with Crippen LogP contribution in [0.4, 0.5) is 18.9 Å². The second-order valence-corrected chi connectivity index (χ2v) is 6.62. The van der Waals surface area contributed by atoms with Crippen molar-refractivity contribution in [2.75, 3.05) is 17.8 Å². The summed E-state index contributed by atoms with van der Waals surface area (Å²) in [5, 5.41) is -0.788. The van der Waals surface area contributed by atoms with Crippen LogP contribution in [0.1, 0.15) is 26.9 Å². The minimum atomic E-state index is -4.51. The SMILES string of the molecule is COC(=O)c1ccc(N2C(=O)CS[C@@H]2c2ccccc2C(F)(F)F)cc1. The van der Waals surface area contributed by atoms with Crippen LogP contribution in [-0.4, -0.2) is 24.7 Å². The summed E-state index contributed by atoms with van der Waals surface area (Å²) in [6, 6.07) is 11.2. The maximum absolute atomic E-state index is 13.3. The Bertz CT molecular complexity index is 836. The van der Waals surface area contributed by atoms with Crippen molar-refractivity contribution in [1.29, 1.82) is 0 Å². The van der Waals surface area contributed by atoms with E-state index in [1.807, 2.05) is 0 Å². The summed E-state index contributed by atoms with van der Waals surface area (Å²) in [4.78, 5) is 25.2. The maximum atomic E-state index is 13.3. The molecule has 1 heterocycles. The lowest BCUT2D eigenvalue weighted by atomic mass is 10.1. The molecule has 3 rings (SSSR count). The number of amides is 1. The van der Waals surface area contributed by atoms with Gasteiger partial charge in [0.15, 0.2) is 0 Å². The van der Waals surface area contributed by atoms with Crippen molar-refractivity contribution in [3.05, 3.63) is 65.2 Å². The fraction of sp³-hybridized carbons (Fsp3) is 0.222. The van der Waals surface area contributed by atoms with Crippen LogP contribution in [-0.2, 0) is 15.7 Å². The summed E-state index contributed by atoms with van der Waals surface area (Å²) in [6.45, 7) is 0. The van der Waals surface area contributed by atoms with Gasteiger partial charge in [0.25, 0.3) is 0 Å². The van der Waals surface area contributed by atoms with Crippen LogP contribution in [0.3, 0.4) is 0 Å². The molecule has 0 aliphatic carbocycles. The third-order valence-electron chi connectivity index (χ3n) is 3.97. The van der Waals surface area contributed by atoms with Crippen molar-refractivity contribution in [3.8, 4) is 0 Å². The number of hydrogen-bond acceptors (Lipinski definition) is 4. The molecule has 4 nitrogen and oxygen atoms in total. The lowest BCUT2D eigenvalue weighted by molar-refractivity contribution is -0.138. The van der Waals surface area contributed by atoms with Crippen LogP contribution in [0.5, 0.6) is 0 Å². The molecule has 1 aliphatic rings. The Hall–Kier alpha value is -2.48. The number of rotatable bonds is 3. The normalized spacial score (nSPS) is 17.5. The smallest absolute Gasteiger partial charge is 0.416 e. The van der Waals surface area contributed by atoms with Gasteiger partial charge < -0.3 is 4.74 Å². The average molecular weight is 381 g/mol. The van der Waals surface area contributed by atoms with E-state index in [0.29, 0.717) is 11.3 Å². The number of hydrogen-bond donors (Lipinski definition) is 0. The molecular weight excluding hydrogens is 367 g/mol. The van der Waals surface area contributed by atoms with E-state index in [1.165, 1.54) is 54.5 Å². The molecule has 1 atom stereocenters. The van der Waals surface area contributed by atoms with E-state index in [2.05, 4.69) is 4.74 Å². The number of thioether (sulfide) groups is 1. The lowest BCUT2D eigenvalue weighted by Gasteiger charge is -2.26. The van der Waals surface area contributed by atoms with E-state index in [-0.39, 0.29) is 17.2 Å². The van der Waals surface area contributed by atoms with Crippen LogP contribution in [0.25, 0.3) is 0 Å². The van der Waals surface area contributed by atoms with E-state index in [1.54, 1.807) is 0 Å². The lowest BCUT2D eigenvalue weighted by Crippen LogP contribution is -2.29. The number of methoxy groups -OCH3 is 1. The summed E-state index contributed by atoms with van der Waals surface area (Å²) in [6.07, 6.45) is -4.51. The fourth-order valence-corrected chi connectivity index (χ4v) is 3.99. The molecule has 1 aliphatic heterocycles. The average Bonchev–Trinajstić information content (AvgIpc) is 3.02. The largest absolute Gasteiger partial charge is 0.465 e. The molecule has 26 heavy (non-hydrogen) atoms. The van der Waals surface area contributed by atoms with E-state index >= 15 is 0 Å². The minimum absolute atomic E-state index is 0.0351. The van der Waals surface area contributed by atoms with Crippen LogP contribution >= 0.6 is 11.8 Å². The number of anilines is 1. The highest BCUT2D eigenvalue weighted by Crippen LogP contribution is 2.46. The zero-order valence-corrected chi connectivity index (χ0v) is 14.4. The number of nitrogens with zero attached hydrogens (tertiary/aromatic N) is 1. The highest BCUT2D eigenvalue weighted by atomic mass is 32.2. The van der Waals surface area contributed by atoms with Crippen LogP contribution < -0.4 is 4.90 Å². The molecule has 0 radical (unpaired) electrons. The summed E-state index contributed by atoms with van der Waals surface area (Å²) in [5.41, 5.74) is -0.00584. The van der Waals surface area contributed by atoms with Crippen molar-refractivity contribution in [3.63, 3.8) is 0 Å². The molecule has 0 N–H and O–H groups in total. The van der Waals surface area contributed by atoms with Gasteiger partial charge in [-0.15, -0.1) is 11.8 Å². The number of halogens is 3. The summed E-state index contributed by atoms with van der Waals surface area (Å²) in [5.74, 6) is -0.740. The first-order chi connectivity index (χ1) is 12.3. The zero-order chi connectivity index (χ0) is 18.9. The van der Waals surface area contributed by atoms with Crippen LogP contribution in [0, 0.1) is 0 Å². The predicted molar refractivity (Wildman–Crippen MR) is 91.9 cm³/mol. The second kappa shape index (κ2) is 7.03. The molecule has 0 bridgehead atoms. The number of benzene rings is 2. The first-order valence-electron chi connectivity index (χ1n) is 7.61. The molecule has 8 heteroatoms. The standard InChI is InChI=1S/C18H14F3NO3S/c1-25-17(24)11-6-8-12(9-7-11)22-15(23)10-26-16(22)13-4-2-3-5-14(13)18(19,20)21/h2-9,16H,10H2,1H3/t16-/m1/s1. The Labute approximate surface area is 151 Å². The van der Waals surface area contributed by atoms with E-state index in [0.717, 1.165) is 17.8 Å². The molecule has 1 amide bonds. The maximum Gasteiger partial charge on any atom is 0.416 e. The highest BCUT2D eigenvalue weighted by molar-refractivity contribution is 8.00. The molecule has 2 aromatic carbocycles. The van der Waals surface area contributed by atoms with Gasteiger partial charge in [-0.05, 0) is 35.9 Å². The third kappa shape index (κ3) is 3.41. The van der Waals surface area contributed by atoms with Gasteiger partial charge in [0.1, 0.15) is 5.37 Å². The van der Waals surface area contributed by atoms with Gasteiger partial charge in [-0.25, -0.2) is 4.79 Å². The van der Waals surface area contributed by atoms with Gasteiger partial charge in [-0.3, -0.25) is 9.69 Å². The molecule has 0 spiro atoms. The number of carbonyl (C=O) groups is 2. The summed E-state index contributed by atoms with van der Waals surface area (Å²) < 4.78 is 44.7. The van der Waals surface area contributed by atoms with Gasteiger partial charge in [0, 0.05) is 5.69 Å².